The van der Waals surface area contributed by atoms with E-state index in [1.165, 1.54) is 6.07 Å². The summed E-state index contributed by atoms with van der Waals surface area (Å²) in [4.78, 5) is 4.47. The maximum Gasteiger partial charge on any atom is 0.416 e. The van der Waals surface area contributed by atoms with Gasteiger partial charge in [0.2, 0.25) is 0 Å². The summed E-state index contributed by atoms with van der Waals surface area (Å²) in [5, 5.41) is 0. The Morgan fingerprint density at radius 3 is 2.24 bits per heavy atom. The summed E-state index contributed by atoms with van der Waals surface area (Å²) in [6.45, 7) is 9.86. The molecule has 1 aliphatic rings. The first-order chi connectivity index (χ1) is 9.77. The Hall–Kier alpha value is -1.07. The second-order valence-corrected chi connectivity index (χ2v) is 6.06. The Balaban J connectivity index is 2.07. The third-order valence-electron chi connectivity index (χ3n) is 4.10. The third-order valence-corrected chi connectivity index (χ3v) is 4.10. The van der Waals surface area contributed by atoms with Crippen LogP contribution in [0, 0.1) is 6.92 Å². The van der Waals surface area contributed by atoms with Gasteiger partial charge in [-0.15, -0.1) is 0 Å². The van der Waals surface area contributed by atoms with Crippen molar-refractivity contribution in [2.75, 3.05) is 26.2 Å². The van der Waals surface area contributed by atoms with Crippen LogP contribution in [0.25, 0.3) is 0 Å². The molecule has 1 aromatic carbocycles. The molecule has 0 saturated carbocycles. The van der Waals surface area contributed by atoms with Gasteiger partial charge >= 0.3 is 6.18 Å². The van der Waals surface area contributed by atoms with Crippen molar-refractivity contribution in [2.24, 2.45) is 0 Å². The highest BCUT2D eigenvalue weighted by Crippen LogP contribution is 2.33. The van der Waals surface area contributed by atoms with Crippen molar-refractivity contribution in [2.45, 2.75) is 39.5 Å². The third kappa shape index (κ3) is 4.20. The molecule has 0 radical (unpaired) electrons. The quantitative estimate of drug-likeness (QED) is 0.842. The van der Waals surface area contributed by atoms with Crippen molar-refractivity contribution < 1.29 is 13.2 Å². The fourth-order valence-corrected chi connectivity index (χ4v) is 2.77. The highest BCUT2D eigenvalue weighted by atomic mass is 19.4. The predicted molar refractivity (Wildman–Crippen MR) is 78.2 cm³/mol. The number of nitrogens with zero attached hydrogens (tertiary/aromatic N) is 2. The molecule has 1 saturated heterocycles. The second-order valence-electron chi connectivity index (χ2n) is 6.06. The van der Waals surface area contributed by atoms with Crippen LogP contribution < -0.4 is 0 Å². The molecule has 5 heteroatoms. The predicted octanol–water partition coefficient (Wildman–Crippen LogP) is 3.54. The molecule has 0 spiro atoms. The molecule has 1 heterocycles. The Kier molecular flexibility index (Phi) is 4.94. The van der Waals surface area contributed by atoms with E-state index in [4.69, 9.17) is 0 Å². The molecule has 1 aliphatic heterocycles. The first-order valence-corrected chi connectivity index (χ1v) is 7.40. The molecule has 118 valence electrons. The number of alkyl halides is 3. The van der Waals surface area contributed by atoms with Crippen molar-refractivity contribution in [3.8, 4) is 0 Å². The Morgan fingerprint density at radius 2 is 1.71 bits per heavy atom. The van der Waals surface area contributed by atoms with Gasteiger partial charge in [-0.1, -0.05) is 17.7 Å². The van der Waals surface area contributed by atoms with Crippen molar-refractivity contribution in [3.05, 3.63) is 34.9 Å². The fourth-order valence-electron chi connectivity index (χ4n) is 2.77. The first kappa shape index (κ1) is 16.3. The number of hydrogen-bond donors (Lipinski definition) is 0. The van der Waals surface area contributed by atoms with E-state index < -0.39 is 11.7 Å². The average molecular weight is 300 g/mol. The smallest absolute Gasteiger partial charge is 0.298 e. The Bertz CT molecular complexity index is 475. The molecule has 1 fully saturated rings. The largest absolute Gasteiger partial charge is 0.416 e. The van der Waals surface area contributed by atoms with E-state index in [0.717, 1.165) is 26.2 Å². The van der Waals surface area contributed by atoms with Crippen LogP contribution in [0.2, 0.25) is 0 Å². The molecule has 0 aliphatic carbocycles. The average Bonchev–Trinajstić information content (AvgIpc) is 2.40. The van der Waals surface area contributed by atoms with Crippen LogP contribution in [0.15, 0.2) is 18.2 Å². The van der Waals surface area contributed by atoms with Crippen LogP contribution in [0.4, 0.5) is 13.2 Å². The minimum atomic E-state index is -4.28. The summed E-state index contributed by atoms with van der Waals surface area (Å²) >= 11 is 0. The maximum atomic E-state index is 13.1. The van der Waals surface area contributed by atoms with Gasteiger partial charge in [-0.2, -0.15) is 13.2 Å². The first-order valence-electron chi connectivity index (χ1n) is 7.40. The fraction of sp³-hybridized carbons (Fsp3) is 0.625. The SMILES string of the molecule is Cc1ccc(CN2CCN(C(C)C)CC2)c(C(F)(F)F)c1. The van der Waals surface area contributed by atoms with Gasteiger partial charge in [0.05, 0.1) is 5.56 Å². The van der Waals surface area contributed by atoms with Crippen LogP contribution in [-0.2, 0) is 12.7 Å². The highest BCUT2D eigenvalue weighted by molar-refractivity contribution is 5.33. The second kappa shape index (κ2) is 6.36. The molecule has 21 heavy (non-hydrogen) atoms. The summed E-state index contributed by atoms with van der Waals surface area (Å²) in [5.41, 5.74) is 0.538. The van der Waals surface area contributed by atoms with Gasteiger partial charge in [0.15, 0.2) is 0 Å². The van der Waals surface area contributed by atoms with Gasteiger partial charge in [0.25, 0.3) is 0 Å². The van der Waals surface area contributed by atoms with Gasteiger partial charge in [-0.3, -0.25) is 9.80 Å². The molecule has 2 nitrogen and oxygen atoms in total. The minimum absolute atomic E-state index is 0.376. The lowest BCUT2D eigenvalue weighted by Gasteiger charge is -2.37. The molecular weight excluding hydrogens is 277 g/mol. The van der Waals surface area contributed by atoms with Crippen molar-refractivity contribution in [1.29, 1.82) is 0 Å². The van der Waals surface area contributed by atoms with Crippen LogP contribution in [0.3, 0.4) is 0 Å². The van der Waals surface area contributed by atoms with Gasteiger partial charge in [-0.05, 0) is 32.4 Å². The van der Waals surface area contributed by atoms with Gasteiger partial charge in [0.1, 0.15) is 0 Å². The number of halogens is 3. The molecule has 0 N–H and O–H groups in total. The summed E-state index contributed by atoms with van der Waals surface area (Å²) in [6, 6.07) is 5.12. The van der Waals surface area contributed by atoms with Crippen molar-refractivity contribution >= 4 is 0 Å². The van der Waals surface area contributed by atoms with Crippen LogP contribution in [0.5, 0.6) is 0 Å². The van der Waals surface area contributed by atoms with Crippen LogP contribution >= 0.6 is 0 Å². The monoisotopic (exact) mass is 300 g/mol. The van der Waals surface area contributed by atoms with E-state index >= 15 is 0 Å². The van der Waals surface area contributed by atoms with E-state index in [9.17, 15) is 13.2 Å². The van der Waals surface area contributed by atoms with Crippen LogP contribution in [-0.4, -0.2) is 42.0 Å². The molecule has 2 rings (SSSR count). The zero-order valence-corrected chi connectivity index (χ0v) is 12.9. The number of benzene rings is 1. The highest BCUT2D eigenvalue weighted by Gasteiger charge is 2.34. The topological polar surface area (TPSA) is 6.48 Å². The zero-order chi connectivity index (χ0) is 15.6. The summed E-state index contributed by atoms with van der Waals surface area (Å²) in [6.07, 6.45) is -4.28. The summed E-state index contributed by atoms with van der Waals surface area (Å²) in [7, 11) is 0. The number of rotatable bonds is 3. The molecule has 0 unspecified atom stereocenters. The van der Waals surface area contributed by atoms with E-state index in [2.05, 4.69) is 23.6 Å². The van der Waals surface area contributed by atoms with Crippen molar-refractivity contribution in [3.63, 3.8) is 0 Å². The standard InChI is InChI=1S/C16H23F3N2/c1-12(2)21-8-6-20(7-9-21)11-14-5-4-13(3)10-15(14)16(17,18)19/h4-5,10,12H,6-9,11H2,1-3H3. The number of piperazine rings is 1. The van der Waals surface area contributed by atoms with E-state index in [1.807, 2.05) is 0 Å². The number of aryl methyl sites for hydroxylation is 1. The molecule has 0 atom stereocenters. The lowest BCUT2D eigenvalue weighted by molar-refractivity contribution is -0.138. The van der Waals surface area contributed by atoms with Gasteiger partial charge < -0.3 is 0 Å². The lowest BCUT2D eigenvalue weighted by atomic mass is 10.0. The van der Waals surface area contributed by atoms with E-state index in [-0.39, 0.29) is 0 Å². The normalized spacial score (nSPS) is 18.4. The van der Waals surface area contributed by atoms with Gasteiger partial charge in [-0.25, -0.2) is 0 Å². The zero-order valence-electron chi connectivity index (χ0n) is 12.9. The van der Waals surface area contributed by atoms with Crippen molar-refractivity contribution in [1.82, 2.24) is 9.80 Å². The number of hydrogen-bond acceptors (Lipinski definition) is 2. The molecule has 0 amide bonds. The Labute approximate surface area is 124 Å². The molecule has 0 aromatic heterocycles. The maximum absolute atomic E-state index is 13.1. The summed E-state index contributed by atoms with van der Waals surface area (Å²) < 4.78 is 39.4. The minimum Gasteiger partial charge on any atom is -0.298 e. The molecule has 1 aromatic rings. The van der Waals surface area contributed by atoms with E-state index in [0.29, 0.717) is 23.7 Å². The van der Waals surface area contributed by atoms with Crippen LogP contribution in [0.1, 0.15) is 30.5 Å². The molecule has 0 bridgehead atoms. The summed E-state index contributed by atoms with van der Waals surface area (Å²) in [5.74, 6) is 0. The Morgan fingerprint density at radius 1 is 1.10 bits per heavy atom. The van der Waals surface area contributed by atoms with Gasteiger partial charge in [0, 0.05) is 38.8 Å². The lowest BCUT2D eigenvalue weighted by Crippen LogP contribution is -2.48. The van der Waals surface area contributed by atoms with E-state index in [1.54, 1.807) is 19.1 Å². The molecular formula is C16H23F3N2.